The van der Waals surface area contributed by atoms with Crippen LogP contribution in [-0.2, 0) is 12.8 Å². The predicted octanol–water partition coefficient (Wildman–Crippen LogP) is 4.62. The van der Waals surface area contributed by atoms with E-state index in [2.05, 4.69) is 27.7 Å². The van der Waals surface area contributed by atoms with E-state index in [0.29, 0.717) is 16.7 Å². The third kappa shape index (κ3) is 4.81. The minimum atomic E-state index is -0.790. The van der Waals surface area contributed by atoms with Gasteiger partial charge in [-0.25, -0.2) is 4.79 Å². The standard InChI is InChI=1S/C15H24O2S/c1-10(2)5-7-12-9-14(15(16)17)18-13(12)8-6-11(3)4/h9-11H,5-8H2,1-4H3,(H,16,17). The second kappa shape index (κ2) is 6.93. The van der Waals surface area contributed by atoms with Crippen LogP contribution in [0.5, 0.6) is 0 Å². The first-order chi connectivity index (χ1) is 8.40. The number of aryl methyl sites for hydroxylation is 2. The van der Waals surface area contributed by atoms with Crippen LogP contribution in [0.2, 0.25) is 0 Å². The first kappa shape index (κ1) is 15.2. The number of hydrogen-bond acceptors (Lipinski definition) is 2. The van der Waals surface area contributed by atoms with Crippen molar-refractivity contribution in [2.75, 3.05) is 0 Å². The Balaban J connectivity index is 2.79. The number of thiophene rings is 1. The smallest absolute Gasteiger partial charge is 0.345 e. The molecule has 3 heteroatoms. The fraction of sp³-hybridized carbons (Fsp3) is 0.667. The van der Waals surface area contributed by atoms with Crippen molar-refractivity contribution >= 4 is 17.3 Å². The third-order valence-corrected chi connectivity index (χ3v) is 4.27. The van der Waals surface area contributed by atoms with Crippen molar-refractivity contribution < 1.29 is 9.90 Å². The fourth-order valence-corrected chi connectivity index (χ4v) is 2.92. The summed E-state index contributed by atoms with van der Waals surface area (Å²) in [6.45, 7) is 8.83. The van der Waals surface area contributed by atoms with Gasteiger partial charge in [0.25, 0.3) is 0 Å². The van der Waals surface area contributed by atoms with E-state index in [1.54, 1.807) is 0 Å². The van der Waals surface area contributed by atoms with E-state index in [4.69, 9.17) is 5.11 Å². The molecule has 0 saturated heterocycles. The molecule has 1 aromatic heterocycles. The molecular weight excluding hydrogens is 244 g/mol. The van der Waals surface area contributed by atoms with Gasteiger partial charge in [-0.3, -0.25) is 0 Å². The van der Waals surface area contributed by atoms with Gasteiger partial charge in [0.15, 0.2) is 0 Å². The van der Waals surface area contributed by atoms with Crippen LogP contribution in [-0.4, -0.2) is 11.1 Å². The normalized spacial score (nSPS) is 11.4. The van der Waals surface area contributed by atoms with Crippen molar-refractivity contribution in [2.24, 2.45) is 11.8 Å². The molecule has 1 aromatic rings. The van der Waals surface area contributed by atoms with Gasteiger partial charge in [-0.2, -0.15) is 0 Å². The number of hydrogen-bond donors (Lipinski definition) is 1. The molecule has 102 valence electrons. The molecular formula is C15H24O2S. The lowest BCUT2D eigenvalue weighted by atomic mass is 10.00. The Kier molecular flexibility index (Phi) is 5.86. The van der Waals surface area contributed by atoms with Crippen molar-refractivity contribution in [3.8, 4) is 0 Å². The third-order valence-electron chi connectivity index (χ3n) is 3.05. The summed E-state index contributed by atoms with van der Waals surface area (Å²) in [6.07, 6.45) is 4.29. The van der Waals surface area contributed by atoms with Crippen LogP contribution in [0.15, 0.2) is 6.07 Å². The molecule has 0 aliphatic carbocycles. The summed E-state index contributed by atoms with van der Waals surface area (Å²) in [7, 11) is 0. The van der Waals surface area contributed by atoms with Crippen LogP contribution in [0, 0.1) is 11.8 Å². The maximum absolute atomic E-state index is 11.1. The molecule has 18 heavy (non-hydrogen) atoms. The Labute approximate surface area is 114 Å². The molecule has 0 atom stereocenters. The molecule has 0 spiro atoms. The predicted molar refractivity (Wildman–Crippen MR) is 77.6 cm³/mol. The van der Waals surface area contributed by atoms with Gasteiger partial charge in [0.05, 0.1) is 0 Å². The van der Waals surface area contributed by atoms with Gasteiger partial charge < -0.3 is 5.11 Å². The summed E-state index contributed by atoms with van der Waals surface area (Å²) in [5.74, 6) is 0.538. The lowest BCUT2D eigenvalue weighted by Crippen LogP contribution is -1.96. The van der Waals surface area contributed by atoms with Crippen LogP contribution in [0.25, 0.3) is 0 Å². The lowest BCUT2D eigenvalue weighted by molar-refractivity contribution is 0.0702. The van der Waals surface area contributed by atoms with E-state index in [-0.39, 0.29) is 0 Å². The quantitative estimate of drug-likeness (QED) is 0.783. The molecule has 0 unspecified atom stereocenters. The summed E-state index contributed by atoms with van der Waals surface area (Å²) in [5.41, 5.74) is 1.26. The Morgan fingerprint density at radius 2 is 1.72 bits per heavy atom. The Hall–Kier alpha value is -0.830. The maximum Gasteiger partial charge on any atom is 0.345 e. The zero-order chi connectivity index (χ0) is 13.7. The first-order valence-electron chi connectivity index (χ1n) is 6.75. The van der Waals surface area contributed by atoms with E-state index >= 15 is 0 Å². The summed E-state index contributed by atoms with van der Waals surface area (Å²) in [6, 6.07) is 1.88. The molecule has 0 aliphatic heterocycles. The second-order valence-electron chi connectivity index (χ2n) is 5.73. The number of rotatable bonds is 7. The molecule has 0 aliphatic rings. The second-order valence-corrected chi connectivity index (χ2v) is 6.87. The van der Waals surface area contributed by atoms with Gasteiger partial charge >= 0.3 is 5.97 Å². The van der Waals surface area contributed by atoms with Gasteiger partial charge in [0.2, 0.25) is 0 Å². The Bertz CT molecular complexity index is 362. The molecule has 0 bridgehead atoms. The fourth-order valence-electron chi connectivity index (χ4n) is 1.86. The van der Waals surface area contributed by atoms with E-state index in [1.165, 1.54) is 21.8 Å². The van der Waals surface area contributed by atoms with Crippen molar-refractivity contribution in [3.05, 3.63) is 21.4 Å². The van der Waals surface area contributed by atoms with Crippen molar-refractivity contribution in [1.82, 2.24) is 0 Å². The van der Waals surface area contributed by atoms with Crippen LogP contribution >= 0.6 is 11.3 Å². The van der Waals surface area contributed by atoms with E-state index in [9.17, 15) is 4.79 Å². The monoisotopic (exact) mass is 268 g/mol. The van der Waals surface area contributed by atoms with Crippen LogP contribution in [0.3, 0.4) is 0 Å². The molecule has 0 amide bonds. The van der Waals surface area contributed by atoms with Crippen molar-refractivity contribution in [3.63, 3.8) is 0 Å². The molecule has 0 radical (unpaired) electrons. The molecule has 1 heterocycles. The van der Waals surface area contributed by atoms with E-state index < -0.39 is 5.97 Å². The number of carboxylic acid groups (broad SMARTS) is 1. The van der Waals surface area contributed by atoms with Gasteiger partial charge in [0.1, 0.15) is 4.88 Å². The highest BCUT2D eigenvalue weighted by Gasteiger charge is 2.14. The summed E-state index contributed by atoms with van der Waals surface area (Å²) in [5, 5.41) is 9.09. The number of carbonyl (C=O) groups is 1. The minimum absolute atomic E-state index is 0.493. The summed E-state index contributed by atoms with van der Waals surface area (Å²) < 4.78 is 0. The lowest BCUT2D eigenvalue weighted by Gasteiger charge is -2.07. The first-order valence-corrected chi connectivity index (χ1v) is 7.56. The van der Waals surface area contributed by atoms with Crippen molar-refractivity contribution in [2.45, 2.75) is 53.4 Å². The van der Waals surface area contributed by atoms with Gasteiger partial charge in [-0.1, -0.05) is 27.7 Å². The molecule has 1 rings (SSSR count). The average Bonchev–Trinajstić information content (AvgIpc) is 2.66. The molecule has 0 aromatic carbocycles. The van der Waals surface area contributed by atoms with Crippen LogP contribution in [0.1, 0.15) is 60.6 Å². The van der Waals surface area contributed by atoms with Crippen molar-refractivity contribution in [1.29, 1.82) is 0 Å². The van der Waals surface area contributed by atoms with E-state index in [1.807, 2.05) is 6.07 Å². The van der Waals surface area contributed by atoms with Crippen LogP contribution < -0.4 is 0 Å². The Morgan fingerprint density at radius 3 is 2.22 bits per heavy atom. The largest absolute Gasteiger partial charge is 0.477 e. The topological polar surface area (TPSA) is 37.3 Å². The highest BCUT2D eigenvalue weighted by Crippen LogP contribution is 2.27. The molecule has 0 fully saturated rings. The molecule has 0 saturated carbocycles. The SMILES string of the molecule is CC(C)CCc1cc(C(=O)O)sc1CCC(C)C. The van der Waals surface area contributed by atoms with Gasteiger partial charge in [0, 0.05) is 4.88 Å². The molecule has 2 nitrogen and oxygen atoms in total. The minimum Gasteiger partial charge on any atom is -0.477 e. The van der Waals surface area contributed by atoms with Gasteiger partial charge in [-0.05, 0) is 49.1 Å². The summed E-state index contributed by atoms with van der Waals surface area (Å²) in [4.78, 5) is 12.8. The molecule has 1 N–H and O–H groups in total. The zero-order valence-corrected chi connectivity index (χ0v) is 12.6. The van der Waals surface area contributed by atoms with Crippen LogP contribution in [0.4, 0.5) is 0 Å². The number of carboxylic acids is 1. The average molecular weight is 268 g/mol. The van der Waals surface area contributed by atoms with E-state index in [0.717, 1.165) is 25.7 Å². The maximum atomic E-state index is 11.1. The zero-order valence-electron chi connectivity index (χ0n) is 11.8. The Morgan fingerprint density at radius 1 is 1.17 bits per heavy atom. The summed E-state index contributed by atoms with van der Waals surface area (Å²) >= 11 is 1.46. The number of aromatic carboxylic acids is 1. The van der Waals surface area contributed by atoms with Gasteiger partial charge in [-0.15, -0.1) is 11.3 Å². The highest BCUT2D eigenvalue weighted by molar-refractivity contribution is 7.14. The highest BCUT2D eigenvalue weighted by atomic mass is 32.1.